The standard InChI is InChI=1S/C22H43NO4.H2/c1-5-19(3)21(24)13-11-9-7-8-10-12-14-22(25)23-15-16-26-17-18-27-20(4)6-2;/h19-20H,5-18H2,1-4H3,(H,23,25);1H. The van der Waals surface area contributed by atoms with E-state index in [4.69, 9.17) is 9.47 Å². The zero-order valence-electron chi connectivity index (χ0n) is 18.2. The van der Waals surface area contributed by atoms with Gasteiger partial charge in [-0.15, -0.1) is 0 Å². The Balaban J connectivity index is 0. The summed E-state index contributed by atoms with van der Waals surface area (Å²) in [5.74, 6) is 0.724. The Morgan fingerprint density at radius 1 is 0.852 bits per heavy atom. The molecular formula is C22H45NO4. The summed E-state index contributed by atoms with van der Waals surface area (Å²) in [6.45, 7) is 10.5. The Bertz CT molecular complexity index is 380. The van der Waals surface area contributed by atoms with Crippen LogP contribution in [-0.4, -0.2) is 44.2 Å². The van der Waals surface area contributed by atoms with E-state index in [9.17, 15) is 9.59 Å². The van der Waals surface area contributed by atoms with Gasteiger partial charge in [-0.05, 0) is 32.6 Å². The Kier molecular flexibility index (Phi) is 17.8. The van der Waals surface area contributed by atoms with E-state index in [-0.39, 0.29) is 19.4 Å². The van der Waals surface area contributed by atoms with E-state index in [1.807, 2.05) is 6.92 Å². The molecule has 0 aliphatic heterocycles. The molecule has 5 heteroatoms. The molecule has 0 aromatic heterocycles. The molecule has 2 unspecified atom stereocenters. The number of carbonyl (C=O) groups is 2. The lowest BCUT2D eigenvalue weighted by Crippen LogP contribution is -2.27. The Hall–Kier alpha value is -0.940. The average Bonchev–Trinajstić information content (AvgIpc) is 2.67. The largest absolute Gasteiger partial charge is 0.377 e. The summed E-state index contributed by atoms with van der Waals surface area (Å²) in [5, 5.41) is 2.89. The summed E-state index contributed by atoms with van der Waals surface area (Å²) in [6.07, 6.45) is 9.98. The van der Waals surface area contributed by atoms with Crippen LogP contribution in [0.1, 0.15) is 93.3 Å². The second-order valence-electron chi connectivity index (χ2n) is 7.45. The number of unbranched alkanes of at least 4 members (excludes halogenated alkanes) is 5. The first-order chi connectivity index (χ1) is 13.0. The number of Topliss-reactive ketones (excluding diaryl/α,β-unsaturated/α-hetero) is 1. The molecular weight excluding hydrogens is 342 g/mol. The van der Waals surface area contributed by atoms with Crippen molar-refractivity contribution in [3.8, 4) is 0 Å². The van der Waals surface area contributed by atoms with E-state index in [0.29, 0.717) is 38.6 Å². The van der Waals surface area contributed by atoms with Gasteiger partial charge in [0.1, 0.15) is 5.78 Å². The molecule has 27 heavy (non-hydrogen) atoms. The van der Waals surface area contributed by atoms with Crippen LogP contribution in [0.25, 0.3) is 0 Å². The van der Waals surface area contributed by atoms with Gasteiger partial charge in [0.2, 0.25) is 5.91 Å². The lowest BCUT2D eigenvalue weighted by molar-refractivity contribution is -0.123. The van der Waals surface area contributed by atoms with E-state index in [1.54, 1.807) is 0 Å². The fourth-order valence-corrected chi connectivity index (χ4v) is 2.65. The minimum atomic E-state index is 0. The van der Waals surface area contributed by atoms with Crippen LogP contribution in [0.3, 0.4) is 0 Å². The van der Waals surface area contributed by atoms with Gasteiger partial charge < -0.3 is 14.8 Å². The van der Waals surface area contributed by atoms with E-state index in [1.165, 1.54) is 0 Å². The molecule has 0 rings (SSSR count). The van der Waals surface area contributed by atoms with Crippen molar-refractivity contribution in [1.29, 1.82) is 0 Å². The van der Waals surface area contributed by atoms with Crippen LogP contribution >= 0.6 is 0 Å². The maximum absolute atomic E-state index is 11.7. The summed E-state index contributed by atoms with van der Waals surface area (Å²) in [7, 11) is 0. The minimum absolute atomic E-state index is 0. The molecule has 0 spiro atoms. The Labute approximate surface area is 168 Å². The molecule has 2 atom stereocenters. The number of ketones is 1. The smallest absolute Gasteiger partial charge is 0.220 e. The summed E-state index contributed by atoms with van der Waals surface area (Å²) < 4.78 is 11.0. The molecule has 1 amide bonds. The van der Waals surface area contributed by atoms with Gasteiger partial charge in [-0.2, -0.15) is 0 Å². The number of ether oxygens (including phenoxy) is 2. The van der Waals surface area contributed by atoms with Crippen LogP contribution < -0.4 is 5.32 Å². The molecule has 0 bridgehead atoms. The van der Waals surface area contributed by atoms with Crippen molar-refractivity contribution in [2.24, 2.45) is 5.92 Å². The molecule has 0 aromatic rings. The van der Waals surface area contributed by atoms with Gasteiger partial charge in [0, 0.05) is 26.7 Å². The second-order valence-corrected chi connectivity index (χ2v) is 7.45. The van der Waals surface area contributed by atoms with E-state index >= 15 is 0 Å². The summed E-state index contributed by atoms with van der Waals surface area (Å²) in [4.78, 5) is 23.5. The minimum Gasteiger partial charge on any atom is -0.377 e. The monoisotopic (exact) mass is 387 g/mol. The molecule has 0 aliphatic carbocycles. The van der Waals surface area contributed by atoms with Crippen LogP contribution in [0.4, 0.5) is 0 Å². The topological polar surface area (TPSA) is 64.6 Å². The van der Waals surface area contributed by atoms with Crippen molar-refractivity contribution in [2.45, 2.75) is 98.0 Å². The zero-order valence-corrected chi connectivity index (χ0v) is 18.2. The number of carbonyl (C=O) groups excluding carboxylic acids is 2. The fraction of sp³-hybridized carbons (Fsp3) is 0.909. The van der Waals surface area contributed by atoms with Crippen molar-refractivity contribution in [3.63, 3.8) is 0 Å². The van der Waals surface area contributed by atoms with Crippen LogP contribution in [0, 0.1) is 5.92 Å². The number of hydrogen-bond acceptors (Lipinski definition) is 4. The van der Waals surface area contributed by atoms with Crippen LogP contribution in [0.15, 0.2) is 0 Å². The molecule has 0 radical (unpaired) electrons. The third-order valence-corrected chi connectivity index (χ3v) is 5.01. The lowest BCUT2D eigenvalue weighted by Gasteiger charge is -2.11. The van der Waals surface area contributed by atoms with Crippen molar-refractivity contribution in [1.82, 2.24) is 5.32 Å². The number of nitrogens with one attached hydrogen (secondary N) is 1. The lowest BCUT2D eigenvalue weighted by atomic mass is 9.98. The molecule has 5 nitrogen and oxygen atoms in total. The first-order valence-corrected chi connectivity index (χ1v) is 11.0. The van der Waals surface area contributed by atoms with Crippen molar-refractivity contribution in [2.75, 3.05) is 26.4 Å². The van der Waals surface area contributed by atoms with Gasteiger partial charge in [-0.3, -0.25) is 9.59 Å². The third-order valence-electron chi connectivity index (χ3n) is 5.01. The Morgan fingerprint density at radius 2 is 1.48 bits per heavy atom. The van der Waals surface area contributed by atoms with Gasteiger partial charge in [0.15, 0.2) is 0 Å². The van der Waals surface area contributed by atoms with Crippen LogP contribution in [0.5, 0.6) is 0 Å². The van der Waals surface area contributed by atoms with Crippen LogP contribution in [-0.2, 0) is 19.1 Å². The second kappa shape index (κ2) is 18.4. The van der Waals surface area contributed by atoms with Gasteiger partial charge >= 0.3 is 0 Å². The van der Waals surface area contributed by atoms with Crippen LogP contribution in [0.2, 0.25) is 0 Å². The molecule has 0 saturated heterocycles. The highest BCUT2D eigenvalue weighted by Crippen LogP contribution is 2.12. The third kappa shape index (κ3) is 16.9. The van der Waals surface area contributed by atoms with Gasteiger partial charge in [0.25, 0.3) is 0 Å². The summed E-state index contributed by atoms with van der Waals surface area (Å²) in [5.41, 5.74) is 0. The quantitative estimate of drug-likeness (QED) is 0.320. The van der Waals surface area contributed by atoms with Gasteiger partial charge in [0.05, 0.1) is 25.9 Å². The number of amides is 1. The van der Waals surface area contributed by atoms with E-state index in [0.717, 1.165) is 57.8 Å². The summed E-state index contributed by atoms with van der Waals surface area (Å²) >= 11 is 0. The molecule has 0 fully saturated rings. The first kappa shape index (κ1) is 26.1. The molecule has 0 heterocycles. The predicted molar refractivity (Wildman–Crippen MR) is 113 cm³/mol. The number of rotatable bonds is 19. The average molecular weight is 388 g/mol. The van der Waals surface area contributed by atoms with Gasteiger partial charge in [-0.25, -0.2) is 0 Å². The zero-order chi connectivity index (χ0) is 20.3. The molecule has 0 saturated carbocycles. The summed E-state index contributed by atoms with van der Waals surface area (Å²) in [6, 6.07) is 0. The van der Waals surface area contributed by atoms with E-state index < -0.39 is 0 Å². The molecule has 1 N–H and O–H groups in total. The highest BCUT2D eigenvalue weighted by Gasteiger charge is 2.09. The molecule has 162 valence electrons. The number of hydrogen-bond donors (Lipinski definition) is 1. The fourth-order valence-electron chi connectivity index (χ4n) is 2.65. The SMILES string of the molecule is CCC(C)OCCOCCNC(=O)CCCCCCCCC(=O)C(C)CC.[HH]. The highest BCUT2D eigenvalue weighted by atomic mass is 16.5. The van der Waals surface area contributed by atoms with E-state index in [2.05, 4.69) is 26.1 Å². The maximum atomic E-state index is 11.7. The highest BCUT2D eigenvalue weighted by molar-refractivity contribution is 5.80. The first-order valence-electron chi connectivity index (χ1n) is 11.0. The normalized spacial score (nSPS) is 13.3. The maximum Gasteiger partial charge on any atom is 0.220 e. The Morgan fingerprint density at radius 3 is 2.11 bits per heavy atom. The van der Waals surface area contributed by atoms with Crippen molar-refractivity contribution >= 4 is 11.7 Å². The molecule has 0 aromatic carbocycles. The van der Waals surface area contributed by atoms with Crippen molar-refractivity contribution in [3.05, 3.63) is 0 Å². The van der Waals surface area contributed by atoms with Gasteiger partial charge in [-0.1, -0.05) is 46.5 Å². The molecule has 0 aliphatic rings. The predicted octanol–water partition coefficient (Wildman–Crippen LogP) is 4.92. The van der Waals surface area contributed by atoms with Crippen molar-refractivity contribution < 1.29 is 20.5 Å².